The molecule has 0 bridgehead atoms. The lowest BCUT2D eigenvalue weighted by Gasteiger charge is -2.38. The maximum absolute atomic E-state index is 14.2. The Balaban J connectivity index is 1.85. The molecule has 2 fully saturated rings. The predicted octanol–water partition coefficient (Wildman–Crippen LogP) is 5.46. The van der Waals surface area contributed by atoms with Gasteiger partial charge in [-0.15, -0.1) is 0 Å². The van der Waals surface area contributed by atoms with Gasteiger partial charge in [-0.25, -0.2) is 0 Å². The molecule has 0 amide bonds. The van der Waals surface area contributed by atoms with Crippen LogP contribution in [0.25, 0.3) is 0 Å². The molecule has 2 saturated carbocycles. The summed E-state index contributed by atoms with van der Waals surface area (Å²) in [5, 5.41) is 0. The highest BCUT2D eigenvalue weighted by Gasteiger charge is 2.40. The van der Waals surface area contributed by atoms with Gasteiger partial charge in [-0.2, -0.15) is 8.42 Å². The molecule has 0 unspecified atom stereocenters. The van der Waals surface area contributed by atoms with E-state index in [4.69, 9.17) is 4.55 Å². The summed E-state index contributed by atoms with van der Waals surface area (Å²) < 4.78 is 45.8. The molecule has 1 aromatic carbocycles. The third-order valence-electron chi connectivity index (χ3n) is 6.04. The van der Waals surface area contributed by atoms with Crippen LogP contribution in [0, 0.1) is 0 Å². The first-order valence-corrected chi connectivity index (χ1v) is 13.0. The molecule has 2 aliphatic rings. The Morgan fingerprint density at radius 1 is 0.840 bits per heavy atom. The zero-order valence-corrected chi connectivity index (χ0v) is 16.5. The summed E-state index contributed by atoms with van der Waals surface area (Å²) in [4.78, 5) is -0.0959. The third kappa shape index (κ3) is 4.56. The molecule has 0 radical (unpaired) electrons. The van der Waals surface area contributed by atoms with Crippen molar-refractivity contribution in [3.63, 3.8) is 0 Å². The highest BCUT2D eigenvalue weighted by atomic mass is 32.2. The normalized spacial score (nSPS) is 21.3. The molecule has 0 aliphatic heterocycles. The Hall–Kier alpha value is -0.640. The molecule has 4 nitrogen and oxygen atoms in total. The van der Waals surface area contributed by atoms with Gasteiger partial charge in [0.15, 0.2) is 0 Å². The van der Waals surface area contributed by atoms with Crippen LogP contribution in [-0.4, -0.2) is 24.3 Å². The van der Waals surface area contributed by atoms with Crippen LogP contribution in [0.3, 0.4) is 0 Å². The zero-order valence-electron chi connectivity index (χ0n) is 14.8. The highest BCUT2D eigenvalue weighted by molar-refractivity contribution is 7.85. The quantitative estimate of drug-likeness (QED) is 0.540. The topological polar surface area (TPSA) is 71.4 Å². The minimum absolute atomic E-state index is 0.0959. The van der Waals surface area contributed by atoms with Crippen LogP contribution in [0.5, 0.6) is 0 Å². The molecular weight excluding hydrogens is 355 g/mol. The number of hydrogen-bond acceptors (Lipinski definition) is 3. The molecule has 2 aliphatic carbocycles. The van der Waals surface area contributed by atoms with Crippen molar-refractivity contribution in [3.8, 4) is 0 Å². The fourth-order valence-electron chi connectivity index (χ4n) is 4.64. The van der Waals surface area contributed by atoms with Gasteiger partial charge in [0.2, 0.25) is 0 Å². The predicted molar refractivity (Wildman–Crippen MR) is 101 cm³/mol. The van der Waals surface area contributed by atoms with Gasteiger partial charge in [-0.05, 0) is 43.4 Å². The first-order valence-electron chi connectivity index (χ1n) is 9.54. The lowest BCUT2D eigenvalue weighted by atomic mass is 9.99. The minimum Gasteiger partial charge on any atom is -0.323 e. The molecule has 1 N–H and O–H groups in total. The monoisotopic (exact) mass is 384 g/mol. The third-order valence-corrected chi connectivity index (χ3v) is 11.3. The smallest absolute Gasteiger partial charge is 0.294 e. The molecule has 140 valence electrons. The lowest BCUT2D eigenvalue weighted by molar-refractivity contribution is 0.446. The lowest BCUT2D eigenvalue weighted by Crippen LogP contribution is -2.24. The summed E-state index contributed by atoms with van der Waals surface area (Å²) in [7, 11) is -6.53. The van der Waals surface area contributed by atoms with Crippen molar-refractivity contribution in [2.45, 2.75) is 86.6 Å². The van der Waals surface area contributed by atoms with Crippen molar-refractivity contribution in [2.75, 3.05) is 0 Å². The SMILES string of the molecule is O=P(Cc1ccc(S(=O)(=O)O)cc1)(C1CCCCC1)C1CCCCC1. The van der Waals surface area contributed by atoms with Gasteiger partial charge in [0, 0.05) is 17.5 Å². The second-order valence-corrected chi connectivity index (χ2v) is 12.6. The van der Waals surface area contributed by atoms with Crippen LogP contribution in [0.4, 0.5) is 0 Å². The standard InChI is InChI=1S/C19H29O4PS/c20-24(17-7-3-1-4-8-17,18-9-5-2-6-10-18)15-16-11-13-19(14-12-16)25(21,22)23/h11-14,17-18H,1-10,15H2,(H,21,22,23). The highest BCUT2D eigenvalue weighted by Crippen LogP contribution is 2.64. The molecule has 0 heterocycles. The number of hydrogen-bond donors (Lipinski definition) is 1. The van der Waals surface area contributed by atoms with Crippen molar-refractivity contribution in [1.29, 1.82) is 0 Å². The van der Waals surface area contributed by atoms with Gasteiger partial charge in [-0.3, -0.25) is 4.55 Å². The second kappa shape index (κ2) is 7.94. The Kier molecular flexibility index (Phi) is 6.07. The van der Waals surface area contributed by atoms with Crippen molar-refractivity contribution in [2.24, 2.45) is 0 Å². The summed E-state index contributed by atoms with van der Waals surface area (Å²) in [6.45, 7) is 0. The fraction of sp³-hybridized carbons (Fsp3) is 0.684. The molecule has 6 heteroatoms. The van der Waals surface area contributed by atoms with Gasteiger partial charge in [0.25, 0.3) is 10.1 Å². The van der Waals surface area contributed by atoms with Crippen LogP contribution >= 0.6 is 7.14 Å². The van der Waals surface area contributed by atoms with Crippen LogP contribution in [0.15, 0.2) is 29.2 Å². The Morgan fingerprint density at radius 3 is 1.68 bits per heavy atom. The first-order chi connectivity index (χ1) is 11.9. The molecule has 0 spiro atoms. The Morgan fingerprint density at radius 2 is 1.28 bits per heavy atom. The van der Waals surface area contributed by atoms with Crippen molar-refractivity contribution < 1.29 is 17.5 Å². The van der Waals surface area contributed by atoms with Crippen molar-refractivity contribution in [3.05, 3.63) is 29.8 Å². The second-order valence-electron chi connectivity index (χ2n) is 7.71. The molecule has 0 atom stereocenters. The molecule has 3 rings (SSSR count). The van der Waals surface area contributed by atoms with E-state index in [2.05, 4.69) is 0 Å². The minimum atomic E-state index is -4.17. The summed E-state index contributed by atoms with van der Waals surface area (Å²) >= 11 is 0. The van der Waals surface area contributed by atoms with Crippen LogP contribution in [0.1, 0.15) is 69.8 Å². The van der Waals surface area contributed by atoms with Crippen LogP contribution in [0.2, 0.25) is 0 Å². The van der Waals surface area contributed by atoms with E-state index in [0.717, 1.165) is 31.2 Å². The van der Waals surface area contributed by atoms with E-state index in [-0.39, 0.29) is 4.90 Å². The first kappa shape index (κ1) is 19.1. The van der Waals surface area contributed by atoms with E-state index in [1.165, 1.54) is 50.7 Å². The van der Waals surface area contributed by atoms with E-state index in [0.29, 0.717) is 17.5 Å². The number of rotatable bonds is 5. The van der Waals surface area contributed by atoms with E-state index in [1.807, 2.05) is 0 Å². The van der Waals surface area contributed by atoms with Gasteiger partial charge in [0.1, 0.15) is 0 Å². The van der Waals surface area contributed by atoms with Crippen LogP contribution in [-0.2, 0) is 20.8 Å². The molecule has 0 saturated heterocycles. The average molecular weight is 384 g/mol. The van der Waals surface area contributed by atoms with E-state index in [9.17, 15) is 13.0 Å². The maximum atomic E-state index is 14.2. The van der Waals surface area contributed by atoms with Gasteiger partial charge in [0.05, 0.1) is 12.0 Å². The van der Waals surface area contributed by atoms with Gasteiger partial charge < -0.3 is 4.57 Å². The molecule has 1 aromatic rings. The number of benzene rings is 1. The maximum Gasteiger partial charge on any atom is 0.294 e. The van der Waals surface area contributed by atoms with Gasteiger partial charge >= 0.3 is 0 Å². The summed E-state index contributed by atoms with van der Waals surface area (Å²) in [6.07, 6.45) is 12.1. The van der Waals surface area contributed by atoms with E-state index in [1.54, 1.807) is 12.1 Å². The summed E-state index contributed by atoms with van der Waals surface area (Å²) in [6, 6.07) is 6.30. The zero-order chi connectivity index (χ0) is 17.9. The van der Waals surface area contributed by atoms with E-state index < -0.39 is 17.3 Å². The summed E-state index contributed by atoms with van der Waals surface area (Å²) in [5.74, 6) is 0. The largest absolute Gasteiger partial charge is 0.323 e. The van der Waals surface area contributed by atoms with Crippen molar-refractivity contribution in [1.82, 2.24) is 0 Å². The van der Waals surface area contributed by atoms with Gasteiger partial charge in [-0.1, -0.05) is 50.7 Å². The average Bonchev–Trinajstić information content (AvgIpc) is 2.63. The fourth-order valence-corrected chi connectivity index (χ4v) is 9.50. The Labute approximate surface area is 151 Å². The molecular formula is C19H29O4PS. The van der Waals surface area contributed by atoms with Crippen LogP contribution < -0.4 is 0 Å². The Bertz CT molecular complexity index is 692. The molecule has 25 heavy (non-hydrogen) atoms. The van der Waals surface area contributed by atoms with E-state index >= 15 is 0 Å². The molecule has 0 aromatic heterocycles. The van der Waals surface area contributed by atoms with Crippen molar-refractivity contribution >= 4 is 17.3 Å². The summed E-state index contributed by atoms with van der Waals surface area (Å²) in [5.41, 5.74) is 1.61.